The van der Waals surface area contributed by atoms with E-state index in [0.29, 0.717) is 0 Å². The lowest BCUT2D eigenvalue weighted by molar-refractivity contribution is -0.384. The molecule has 0 saturated heterocycles. The molecule has 0 saturated carbocycles. The lowest BCUT2D eigenvalue weighted by Gasteiger charge is -2.08. The zero-order chi connectivity index (χ0) is 11.3. The van der Waals surface area contributed by atoms with Crippen LogP contribution in [-0.2, 0) is 0 Å². The summed E-state index contributed by atoms with van der Waals surface area (Å²) in [4.78, 5) is 10.1. The zero-order valence-corrected chi connectivity index (χ0v) is 9.12. The highest BCUT2D eigenvalue weighted by molar-refractivity contribution is 5.55. The number of rotatable bonds is 5. The van der Waals surface area contributed by atoms with Gasteiger partial charge in [0.25, 0.3) is 5.69 Å². The van der Waals surface area contributed by atoms with Crippen LogP contribution in [0.2, 0.25) is 0 Å². The molecule has 0 spiro atoms. The van der Waals surface area contributed by atoms with Gasteiger partial charge in [-0.3, -0.25) is 10.1 Å². The van der Waals surface area contributed by atoms with E-state index in [-0.39, 0.29) is 10.6 Å². The number of nitrogens with zero attached hydrogens (tertiary/aromatic N) is 1. The molecule has 0 amide bonds. The number of non-ortho nitro benzene ring substituents is 1. The molecular formula is C11H16N2O2. The van der Waals surface area contributed by atoms with Gasteiger partial charge in [-0.1, -0.05) is 13.3 Å². The van der Waals surface area contributed by atoms with Crippen molar-refractivity contribution in [1.29, 1.82) is 0 Å². The van der Waals surface area contributed by atoms with Crippen LogP contribution in [0.5, 0.6) is 0 Å². The SMILES string of the molecule is CCCCNc1ccc([N+](=O)[O-])cc1C. The molecule has 4 heteroatoms. The molecule has 82 valence electrons. The number of nitrogens with one attached hydrogen (secondary N) is 1. The summed E-state index contributed by atoms with van der Waals surface area (Å²) in [5.74, 6) is 0. The normalized spacial score (nSPS) is 10.0. The topological polar surface area (TPSA) is 55.2 Å². The van der Waals surface area contributed by atoms with Crippen molar-refractivity contribution in [2.75, 3.05) is 11.9 Å². The molecule has 0 aliphatic carbocycles. The minimum absolute atomic E-state index is 0.147. The Hall–Kier alpha value is -1.58. The van der Waals surface area contributed by atoms with E-state index in [1.807, 2.05) is 6.92 Å². The van der Waals surface area contributed by atoms with Crippen molar-refractivity contribution in [3.8, 4) is 0 Å². The van der Waals surface area contributed by atoms with Crippen LogP contribution >= 0.6 is 0 Å². The first-order chi connectivity index (χ1) is 7.15. The minimum Gasteiger partial charge on any atom is -0.385 e. The molecule has 1 aromatic carbocycles. The third kappa shape index (κ3) is 3.23. The molecule has 0 heterocycles. The third-order valence-electron chi connectivity index (χ3n) is 2.27. The first-order valence-corrected chi connectivity index (χ1v) is 5.14. The predicted molar refractivity (Wildman–Crippen MR) is 61.2 cm³/mol. The van der Waals surface area contributed by atoms with Gasteiger partial charge in [-0.15, -0.1) is 0 Å². The van der Waals surface area contributed by atoms with Gasteiger partial charge in [0.05, 0.1) is 4.92 Å². The van der Waals surface area contributed by atoms with E-state index in [1.54, 1.807) is 12.1 Å². The number of unbranched alkanes of at least 4 members (excludes halogenated alkanes) is 1. The maximum atomic E-state index is 10.5. The van der Waals surface area contributed by atoms with Crippen LogP contribution in [-0.4, -0.2) is 11.5 Å². The maximum Gasteiger partial charge on any atom is 0.269 e. The zero-order valence-electron chi connectivity index (χ0n) is 9.12. The average molecular weight is 208 g/mol. The smallest absolute Gasteiger partial charge is 0.269 e. The second-order valence-electron chi connectivity index (χ2n) is 3.54. The van der Waals surface area contributed by atoms with Crippen molar-refractivity contribution in [1.82, 2.24) is 0 Å². The van der Waals surface area contributed by atoms with E-state index in [9.17, 15) is 10.1 Å². The van der Waals surface area contributed by atoms with E-state index >= 15 is 0 Å². The van der Waals surface area contributed by atoms with Crippen LogP contribution in [0.3, 0.4) is 0 Å². The van der Waals surface area contributed by atoms with Gasteiger partial charge >= 0.3 is 0 Å². The molecule has 15 heavy (non-hydrogen) atoms. The molecule has 0 atom stereocenters. The predicted octanol–water partition coefficient (Wildman–Crippen LogP) is 3.12. The van der Waals surface area contributed by atoms with Crippen LogP contribution in [0.25, 0.3) is 0 Å². The molecule has 0 fully saturated rings. The molecule has 0 radical (unpaired) electrons. The van der Waals surface area contributed by atoms with Gasteiger partial charge < -0.3 is 5.32 Å². The molecule has 0 unspecified atom stereocenters. The van der Waals surface area contributed by atoms with Crippen LogP contribution in [0.15, 0.2) is 18.2 Å². The Morgan fingerprint density at radius 1 is 1.47 bits per heavy atom. The number of hydrogen-bond donors (Lipinski definition) is 1. The number of benzene rings is 1. The largest absolute Gasteiger partial charge is 0.385 e. The summed E-state index contributed by atoms with van der Waals surface area (Å²) < 4.78 is 0. The van der Waals surface area contributed by atoms with Crippen LogP contribution in [0.4, 0.5) is 11.4 Å². The van der Waals surface area contributed by atoms with Crippen LogP contribution in [0.1, 0.15) is 25.3 Å². The molecule has 0 aromatic heterocycles. The minimum atomic E-state index is -0.372. The van der Waals surface area contributed by atoms with E-state index in [1.165, 1.54) is 6.07 Å². The van der Waals surface area contributed by atoms with Crippen molar-refractivity contribution in [3.05, 3.63) is 33.9 Å². The number of anilines is 1. The van der Waals surface area contributed by atoms with Crippen molar-refractivity contribution < 1.29 is 4.92 Å². The highest BCUT2D eigenvalue weighted by atomic mass is 16.6. The van der Waals surface area contributed by atoms with E-state index in [2.05, 4.69) is 12.2 Å². The van der Waals surface area contributed by atoms with E-state index < -0.39 is 0 Å². The van der Waals surface area contributed by atoms with Crippen LogP contribution in [0, 0.1) is 17.0 Å². The Balaban J connectivity index is 2.70. The highest BCUT2D eigenvalue weighted by Crippen LogP contribution is 2.20. The fourth-order valence-electron chi connectivity index (χ4n) is 1.36. The summed E-state index contributed by atoms with van der Waals surface area (Å²) in [6, 6.07) is 4.89. The Morgan fingerprint density at radius 2 is 2.20 bits per heavy atom. The summed E-state index contributed by atoms with van der Waals surface area (Å²) in [7, 11) is 0. The van der Waals surface area contributed by atoms with Crippen molar-refractivity contribution in [3.63, 3.8) is 0 Å². The van der Waals surface area contributed by atoms with Gasteiger partial charge in [-0.25, -0.2) is 0 Å². The second-order valence-corrected chi connectivity index (χ2v) is 3.54. The van der Waals surface area contributed by atoms with E-state index in [4.69, 9.17) is 0 Å². The molecule has 1 aromatic rings. The van der Waals surface area contributed by atoms with Gasteiger partial charge in [0.1, 0.15) is 0 Å². The van der Waals surface area contributed by atoms with E-state index in [0.717, 1.165) is 30.6 Å². The molecule has 1 rings (SSSR count). The van der Waals surface area contributed by atoms with Crippen molar-refractivity contribution >= 4 is 11.4 Å². The van der Waals surface area contributed by atoms with Gasteiger partial charge in [-0.2, -0.15) is 0 Å². The number of nitro benzene ring substituents is 1. The third-order valence-corrected chi connectivity index (χ3v) is 2.27. The summed E-state index contributed by atoms with van der Waals surface area (Å²) in [5, 5.41) is 13.8. The molecular weight excluding hydrogens is 192 g/mol. The molecule has 0 aliphatic rings. The van der Waals surface area contributed by atoms with Gasteiger partial charge in [0.2, 0.25) is 0 Å². The molecule has 1 N–H and O–H groups in total. The summed E-state index contributed by atoms with van der Waals surface area (Å²) in [5.41, 5.74) is 2.04. The number of aryl methyl sites for hydroxylation is 1. The molecule has 0 bridgehead atoms. The Kier molecular flexibility index (Phi) is 4.09. The Labute approximate surface area is 89.5 Å². The molecule has 0 aliphatic heterocycles. The monoisotopic (exact) mass is 208 g/mol. The number of nitro groups is 1. The van der Waals surface area contributed by atoms with Crippen molar-refractivity contribution in [2.24, 2.45) is 0 Å². The Bertz CT molecular complexity index is 350. The fraction of sp³-hybridized carbons (Fsp3) is 0.455. The first-order valence-electron chi connectivity index (χ1n) is 5.14. The Morgan fingerprint density at radius 3 is 2.73 bits per heavy atom. The summed E-state index contributed by atoms with van der Waals surface area (Å²) in [6.45, 7) is 4.92. The number of hydrogen-bond acceptors (Lipinski definition) is 3. The average Bonchev–Trinajstić information content (AvgIpc) is 2.20. The van der Waals surface area contributed by atoms with Gasteiger partial charge in [0.15, 0.2) is 0 Å². The lowest BCUT2D eigenvalue weighted by atomic mass is 10.1. The summed E-state index contributed by atoms with van der Waals surface area (Å²) >= 11 is 0. The molecule has 4 nitrogen and oxygen atoms in total. The first kappa shape index (κ1) is 11.5. The lowest BCUT2D eigenvalue weighted by Crippen LogP contribution is -2.02. The maximum absolute atomic E-state index is 10.5. The fourth-order valence-corrected chi connectivity index (χ4v) is 1.36. The summed E-state index contributed by atoms with van der Waals surface area (Å²) in [6.07, 6.45) is 2.25. The standard InChI is InChI=1S/C11H16N2O2/c1-3-4-7-12-11-6-5-10(13(14)15)8-9(11)2/h5-6,8,12H,3-4,7H2,1-2H3. The quantitative estimate of drug-likeness (QED) is 0.459. The van der Waals surface area contributed by atoms with Crippen molar-refractivity contribution in [2.45, 2.75) is 26.7 Å². The van der Waals surface area contributed by atoms with Crippen LogP contribution < -0.4 is 5.32 Å². The van der Waals surface area contributed by atoms with Gasteiger partial charge in [-0.05, 0) is 25.0 Å². The second kappa shape index (κ2) is 5.34. The van der Waals surface area contributed by atoms with Gasteiger partial charge in [0, 0.05) is 24.4 Å². The highest BCUT2D eigenvalue weighted by Gasteiger charge is 2.06.